The second-order valence-corrected chi connectivity index (χ2v) is 9.25. The molecule has 1 aliphatic carbocycles. The Balaban J connectivity index is 1.37. The first-order chi connectivity index (χ1) is 16.7. The summed E-state index contributed by atoms with van der Waals surface area (Å²) in [5.74, 6) is 0.106. The third-order valence-electron chi connectivity index (χ3n) is 6.01. The molecule has 0 aromatic heterocycles. The second-order valence-electron chi connectivity index (χ2n) is 8.11. The number of esters is 1. The van der Waals surface area contributed by atoms with E-state index >= 15 is 0 Å². The molecule has 0 unspecified atom stereocenters. The zero-order chi connectivity index (χ0) is 23.1. The number of carbonyl (C=O) groups is 2. The predicted molar refractivity (Wildman–Crippen MR) is 134 cm³/mol. The van der Waals surface area contributed by atoms with E-state index in [-0.39, 0.29) is 11.0 Å². The van der Waals surface area contributed by atoms with E-state index in [0.717, 1.165) is 38.5 Å². The van der Waals surface area contributed by atoms with E-state index in [0.29, 0.717) is 11.3 Å². The molecule has 0 saturated heterocycles. The lowest BCUT2D eigenvalue weighted by Crippen LogP contribution is -2.09. The molecule has 6 rings (SSSR count). The Hall–Kier alpha value is -4.09. The summed E-state index contributed by atoms with van der Waals surface area (Å²) in [5.41, 5.74) is 5.71. The van der Waals surface area contributed by atoms with E-state index in [2.05, 4.69) is 11.4 Å². The molecule has 1 aliphatic heterocycles. The SMILES string of the molecule is O=C(Oc1ccc([C@H]2Sc3ccccc3NC3=C2C(=O)c2ccccc23)cc1)c1ccccc1. The highest BCUT2D eigenvalue weighted by molar-refractivity contribution is 8.00. The normalized spacial score (nSPS) is 16.1. The monoisotopic (exact) mass is 461 g/mol. The number of fused-ring (bicyclic) bond motifs is 3. The van der Waals surface area contributed by atoms with Crippen LogP contribution >= 0.6 is 11.8 Å². The molecule has 1 N–H and O–H groups in total. The molecule has 4 nitrogen and oxygen atoms in total. The van der Waals surface area contributed by atoms with Crippen LogP contribution < -0.4 is 10.1 Å². The van der Waals surface area contributed by atoms with Crippen LogP contribution in [0.15, 0.2) is 114 Å². The summed E-state index contributed by atoms with van der Waals surface area (Å²) in [4.78, 5) is 27.0. The summed E-state index contributed by atoms with van der Waals surface area (Å²) in [6, 6.07) is 32.2. The van der Waals surface area contributed by atoms with Gasteiger partial charge in [-0.1, -0.05) is 66.7 Å². The average molecular weight is 462 g/mol. The van der Waals surface area contributed by atoms with Crippen molar-refractivity contribution in [1.82, 2.24) is 0 Å². The van der Waals surface area contributed by atoms with Gasteiger partial charge in [-0.25, -0.2) is 4.79 Å². The molecule has 0 radical (unpaired) electrons. The molecule has 164 valence electrons. The van der Waals surface area contributed by atoms with Gasteiger partial charge >= 0.3 is 5.97 Å². The minimum atomic E-state index is -0.401. The van der Waals surface area contributed by atoms with Crippen LogP contribution in [0.5, 0.6) is 5.75 Å². The number of carbonyl (C=O) groups excluding carboxylic acids is 2. The van der Waals surface area contributed by atoms with Crippen molar-refractivity contribution in [2.24, 2.45) is 0 Å². The smallest absolute Gasteiger partial charge is 0.343 e. The number of rotatable bonds is 3. The van der Waals surface area contributed by atoms with Crippen LogP contribution in [0.2, 0.25) is 0 Å². The van der Waals surface area contributed by atoms with E-state index in [1.807, 2.05) is 60.7 Å². The number of anilines is 1. The number of benzene rings is 4. The number of hydrogen-bond donors (Lipinski definition) is 1. The molecule has 2 aliphatic rings. The number of Topliss-reactive ketones (excluding diaryl/α,β-unsaturated/α-hetero) is 1. The Bertz CT molecular complexity index is 1460. The van der Waals surface area contributed by atoms with Gasteiger partial charge in [0.1, 0.15) is 5.75 Å². The zero-order valence-electron chi connectivity index (χ0n) is 18.0. The third kappa shape index (κ3) is 3.51. The van der Waals surface area contributed by atoms with Crippen molar-refractivity contribution in [3.05, 3.63) is 131 Å². The Labute approximate surface area is 201 Å². The number of para-hydroxylation sites is 1. The van der Waals surface area contributed by atoms with Crippen LogP contribution in [0.25, 0.3) is 5.70 Å². The van der Waals surface area contributed by atoms with Gasteiger partial charge in [-0.15, -0.1) is 11.8 Å². The molecule has 1 heterocycles. The molecule has 1 atom stereocenters. The minimum Gasteiger partial charge on any atom is -0.423 e. The van der Waals surface area contributed by atoms with Gasteiger partial charge in [0.2, 0.25) is 0 Å². The maximum absolute atomic E-state index is 13.5. The van der Waals surface area contributed by atoms with Crippen molar-refractivity contribution in [2.75, 3.05) is 5.32 Å². The van der Waals surface area contributed by atoms with Crippen LogP contribution in [-0.2, 0) is 0 Å². The molecule has 4 aromatic rings. The van der Waals surface area contributed by atoms with Gasteiger partial charge < -0.3 is 10.1 Å². The molecule has 0 saturated carbocycles. The quantitative estimate of drug-likeness (QED) is 0.269. The van der Waals surface area contributed by atoms with E-state index < -0.39 is 5.97 Å². The Morgan fingerprint density at radius 2 is 1.44 bits per heavy atom. The number of nitrogens with one attached hydrogen (secondary N) is 1. The Kier molecular flexibility index (Phi) is 5.04. The summed E-state index contributed by atoms with van der Waals surface area (Å²) < 4.78 is 5.55. The van der Waals surface area contributed by atoms with Gasteiger partial charge in [-0.3, -0.25) is 4.79 Å². The molecule has 0 bridgehead atoms. The highest BCUT2D eigenvalue weighted by Crippen LogP contribution is 2.52. The van der Waals surface area contributed by atoms with Crippen molar-refractivity contribution in [2.45, 2.75) is 10.1 Å². The standard InChI is InChI=1S/C29H19NO3S/c31-27-22-11-5-4-10-21(22)26-25(27)28(34-24-13-7-6-12-23(24)30-26)18-14-16-20(17-15-18)33-29(32)19-8-2-1-3-9-19/h1-17,28,30H/t28-/m1/s1. The lowest BCUT2D eigenvalue weighted by Gasteiger charge is -2.17. The average Bonchev–Trinajstić information content (AvgIpc) is 3.04. The molecule has 34 heavy (non-hydrogen) atoms. The molecule has 0 amide bonds. The number of hydrogen-bond acceptors (Lipinski definition) is 5. The molecular weight excluding hydrogens is 442 g/mol. The van der Waals surface area contributed by atoms with E-state index in [1.54, 1.807) is 48.2 Å². The Morgan fingerprint density at radius 1 is 0.765 bits per heavy atom. The first-order valence-electron chi connectivity index (χ1n) is 11.0. The van der Waals surface area contributed by atoms with Crippen LogP contribution in [0.3, 0.4) is 0 Å². The summed E-state index contributed by atoms with van der Waals surface area (Å²) in [7, 11) is 0. The first-order valence-corrected chi connectivity index (χ1v) is 11.9. The first kappa shape index (κ1) is 20.5. The van der Waals surface area contributed by atoms with Gasteiger partial charge in [-0.2, -0.15) is 0 Å². The van der Waals surface area contributed by atoms with Crippen LogP contribution in [-0.4, -0.2) is 11.8 Å². The van der Waals surface area contributed by atoms with Crippen molar-refractivity contribution in [3.8, 4) is 5.75 Å². The zero-order valence-corrected chi connectivity index (χ0v) is 18.8. The van der Waals surface area contributed by atoms with E-state index in [4.69, 9.17) is 4.74 Å². The molecule has 0 spiro atoms. The van der Waals surface area contributed by atoms with E-state index in [9.17, 15) is 9.59 Å². The minimum absolute atomic E-state index is 0.0444. The van der Waals surface area contributed by atoms with Gasteiger partial charge in [-0.05, 0) is 42.0 Å². The van der Waals surface area contributed by atoms with Crippen molar-refractivity contribution in [3.63, 3.8) is 0 Å². The number of thioether (sulfide) groups is 1. The van der Waals surface area contributed by atoms with Crippen molar-refractivity contribution in [1.29, 1.82) is 0 Å². The third-order valence-corrected chi connectivity index (χ3v) is 7.37. The van der Waals surface area contributed by atoms with Gasteiger partial charge in [0.15, 0.2) is 5.78 Å². The summed E-state index contributed by atoms with van der Waals surface area (Å²) >= 11 is 1.65. The second kappa shape index (κ2) is 8.36. The van der Waals surface area contributed by atoms with Gasteiger partial charge in [0, 0.05) is 21.6 Å². The lowest BCUT2D eigenvalue weighted by molar-refractivity contribution is 0.0734. The molecule has 0 fully saturated rings. The van der Waals surface area contributed by atoms with Crippen molar-refractivity contribution < 1.29 is 14.3 Å². The van der Waals surface area contributed by atoms with Crippen LogP contribution in [0.4, 0.5) is 5.69 Å². The topological polar surface area (TPSA) is 55.4 Å². The lowest BCUT2D eigenvalue weighted by atomic mass is 10.0. The predicted octanol–water partition coefficient (Wildman–Crippen LogP) is 6.77. The molecule has 5 heteroatoms. The highest BCUT2D eigenvalue weighted by Gasteiger charge is 2.38. The van der Waals surface area contributed by atoms with Gasteiger partial charge in [0.25, 0.3) is 0 Å². The highest BCUT2D eigenvalue weighted by atomic mass is 32.2. The van der Waals surface area contributed by atoms with Crippen molar-refractivity contribution >= 4 is 34.9 Å². The maximum atomic E-state index is 13.5. The molecular formula is C29H19NO3S. The van der Waals surface area contributed by atoms with E-state index in [1.165, 1.54) is 0 Å². The summed E-state index contributed by atoms with van der Waals surface area (Å²) in [5, 5.41) is 3.33. The maximum Gasteiger partial charge on any atom is 0.343 e. The number of ketones is 1. The fourth-order valence-corrected chi connectivity index (χ4v) is 5.66. The fraction of sp³-hybridized carbons (Fsp3) is 0.0345. The summed E-state index contributed by atoms with van der Waals surface area (Å²) in [6.07, 6.45) is 0. The Morgan fingerprint density at radius 3 is 2.24 bits per heavy atom. The summed E-state index contributed by atoms with van der Waals surface area (Å²) in [6.45, 7) is 0. The van der Waals surface area contributed by atoms with Crippen LogP contribution in [0.1, 0.15) is 37.1 Å². The largest absolute Gasteiger partial charge is 0.423 e. The van der Waals surface area contributed by atoms with Gasteiger partial charge in [0.05, 0.1) is 22.2 Å². The van der Waals surface area contributed by atoms with Crippen LogP contribution in [0, 0.1) is 0 Å². The fourth-order valence-electron chi connectivity index (χ4n) is 4.37. The number of ether oxygens (including phenoxy) is 1. The molecule has 4 aromatic carbocycles.